The monoisotopic (exact) mass is 274 g/mol. The Bertz CT molecular complexity index is 406. The first-order valence-electron chi connectivity index (χ1n) is 5.02. The number of carboxylic acid groups (broad SMARTS) is 1. The van der Waals surface area contributed by atoms with Crippen LogP contribution < -0.4 is 5.32 Å². The summed E-state index contributed by atoms with van der Waals surface area (Å²) in [4.78, 5) is 26.0. The minimum atomic E-state index is -1.02. The number of nitrogens with one attached hydrogen (secondary N) is 1. The highest BCUT2D eigenvalue weighted by Crippen LogP contribution is 2.10. The molecule has 94 valence electrons. The molecule has 1 aromatic heterocycles. The number of aromatic carboxylic acids is 1. The zero-order valence-corrected chi connectivity index (χ0v) is 11.2. The highest BCUT2D eigenvalue weighted by atomic mass is 32.2. The van der Waals surface area contributed by atoms with Crippen LogP contribution in [0.3, 0.4) is 0 Å². The fourth-order valence-electron chi connectivity index (χ4n) is 1.07. The Hall–Kier alpha value is -1.08. The molecular formula is C10H14N2O3S2. The van der Waals surface area contributed by atoms with Crippen LogP contribution in [0.5, 0.6) is 0 Å². The van der Waals surface area contributed by atoms with Crippen LogP contribution in [0.2, 0.25) is 0 Å². The number of thioether (sulfide) groups is 1. The maximum atomic E-state index is 11.4. The summed E-state index contributed by atoms with van der Waals surface area (Å²) < 4.78 is 0. The number of nitrogens with zero attached hydrogens (tertiary/aromatic N) is 1. The van der Waals surface area contributed by atoms with Crippen LogP contribution >= 0.6 is 23.1 Å². The molecule has 1 heterocycles. The van der Waals surface area contributed by atoms with Crippen molar-refractivity contribution in [2.45, 2.75) is 18.6 Å². The topological polar surface area (TPSA) is 79.3 Å². The Morgan fingerprint density at radius 3 is 2.88 bits per heavy atom. The van der Waals surface area contributed by atoms with Crippen molar-refractivity contribution in [2.24, 2.45) is 0 Å². The quantitative estimate of drug-likeness (QED) is 0.816. The Balaban J connectivity index is 2.35. The van der Waals surface area contributed by atoms with Crippen molar-refractivity contribution in [2.75, 3.05) is 12.8 Å². The standard InChI is InChI=1S/C10H14N2O3S2/c1-6(16-2)9(13)11-4-3-8-12-7(5-17-8)10(14)15/h5-6H,3-4H2,1-2H3,(H,11,13)(H,14,15). The number of aromatic nitrogens is 1. The molecule has 1 rings (SSSR count). The molecule has 5 nitrogen and oxygen atoms in total. The first-order valence-corrected chi connectivity index (χ1v) is 7.19. The lowest BCUT2D eigenvalue weighted by Gasteiger charge is -2.08. The summed E-state index contributed by atoms with van der Waals surface area (Å²) in [6.45, 7) is 2.32. The van der Waals surface area contributed by atoms with E-state index in [2.05, 4.69) is 10.3 Å². The third-order valence-electron chi connectivity index (χ3n) is 2.13. The fourth-order valence-corrected chi connectivity index (χ4v) is 2.14. The molecule has 0 radical (unpaired) electrons. The van der Waals surface area contributed by atoms with Gasteiger partial charge in [0.05, 0.1) is 10.3 Å². The minimum Gasteiger partial charge on any atom is -0.476 e. The Morgan fingerprint density at radius 1 is 1.65 bits per heavy atom. The van der Waals surface area contributed by atoms with Crippen molar-refractivity contribution in [3.8, 4) is 0 Å². The van der Waals surface area contributed by atoms with Crippen molar-refractivity contribution in [3.63, 3.8) is 0 Å². The molecule has 0 aliphatic heterocycles. The van der Waals surface area contributed by atoms with E-state index < -0.39 is 5.97 Å². The van der Waals surface area contributed by atoms with Crippen LogP contribution in [0.4, 0.5) is 0 Å². The molecule has 0 saturated heterocycles. The van der Waals surface area contributed by atoms with E-state index >= 15 is 0 Å². The molecule has 1 aromatic rings. The molecular weight excluding hydrogens is 260 g/mol. The number of amides is 1. The van der Waals surface area contributed by atoms with Gasteiger partial charge in [0.2, 0.25) is 5.91 Å². The van der Waals surface area contributed by atoms with Gasteiger partial charge in [0.25, 0.3) is 0 Å². The van der Waals surface area contributed by atoms with Gasteiger partial charge in [-0.15, -0.1) is 11.3 Å². The van der Waals surface area contributed by atoms with Gasteiger partial charge in [-0.2, -0.15) is 11.8 Å². The van der Waals surface area contributed by atoms with Gasteiger partial charge in [-0.25, -0.2) is 9.78 Å². The summed E-state index contributed by atoms with van der Waals surface area (Å²) in [5, 5.41) is 13.6. The van der Waals surface area contributed by atoms with Crippen LogP contribution in [0.1, 0.15) is 22.4 Å². The summed E-state index contributed by atoms with van der Waals surface area (Å²) in [5.74, 6) is -1.03. The molecule has 0 aliphatic carbocycles. The number of carbonyl (C=O) groups excluding carboxylic acids is 1. The molecule has 0 saturated carbocycles. The molecule has 1 amide bonds. The van der Waals surface area contributed by atoms with E-state index in [9.17, 15) is 9.59 Å². The van der Waals surface area contributed by atoms with Crippen molar-refractivity contribution in [3.05, 3.63) is 16.1 Å². The average molecular weight is 274 g/mol. The van der Waals surface area contributed by atoms with Gasteiger partial charge in [0.15, 0.2) is 5.69 Å². The summed E-state index contributed by atoms with van der Waals surface area (Å²) in [6, 6.07) is 0. The van der Waals surface area contributed by atoms with Crippen LogP contribution in [-0.2, 0) is 11.2 Å². The van der Waals surface area contributed by atoms with E-state index in [1.165, 1.54) is 28.5 Å². The maximum Gasteiger partial charge on any atom is 0.355 e. The van der Waals surface area contributed by atoms with E-state index in [1.54, 1.807) is 0 Å². The van der Waals surface area contributed by atoms with Gasteiger partial charge in [0, 0.05) is 18.3 Å². The molecule has 2 N–H and O–H groups in total. The SMILES string of the molecule is CSC(C)C(=O)NCCc1nc(C(=O)O)cs1. The molecule has 0 fully saturated rings. The van der Waals surface area contributed by atoms with Crippen LogP contribution in [0.25, 0.3) is 0 Å². The number of hydrogen-bond donors (Lipinski definition) is 2. The zero-order valence-electron chi connectivity index (χ0n) is 9.60. The number of carbonyl (C=O) groups is 2. The first-order chi connectivity index (χ1) is 8.04. The predicted octanol–water partition coefficient (Wildman–Crippen LogP) is 1.25. The Labute approximate surface area is 108 Å². The lowest BCUT2D eigenvalue weighted by atomic mass is 10.4. The maximum absolute atomic E-state index is 11.4. The summed E-state index contributed by atoms with van der Waals surface area (Å²) in [5.41, 5.74) is 0.0637. The van der Waals surface area contributed by atoms with Crippen molar-refractivity contribution < 1.29 is 14.7 Å². The van der Waals surface area contributed by atoms with Crippen LogP contribution in [-0.4, -0.2) is 40.0 Å². The van der Waals surface area contributed by atoms with E-state index in [1.807, 2.05) is 13.2 Å². The number of carboxylic acids is 1. The summed E-state index contributed by atoms with van der Waals surface area (Å²) >= 11 is 2.78. The van der Waals surface area contributed by atoms with Gasteiger partial charge >= 0.3 is 5.97 Å². The Morgan fingerprint density at radius 2 is 2.35 bits per heavy atom. The normalized spacial score (nSPS) is 12.1. The summed E-state index contributed by atoms with van der Waals surface area (Å²) in [6.07, 6.45) is 2.44. The smallest absolute Gasteiger partial charge is 0.355 e. The van der Waals surface area contributed by atoms with Gasteiger partial charge in [-0.05, 0) is 13.2 Å². The molecule has 7 heteroatoms. The van der Waals surface area contributed by atoms with Crippen molar-refractivity contribution in [1.82, 2.24) is 10.3 Å². The van der Waals surface area contributed by atoms with Crippen molar-refractivity contribution in [1.29, 1.82) is 0 Å². The molecule has 0 bridgehead atoms. The second-order valence-electron chi connectivity index (χ2n) is 3.35. The minimum absolute atomic E-state index is 0.00693. The number of rotatable bonds is 6. The van der Waals surface area contributed by atoms with E-state index in [4.69, 9.17) is 5.11 Å². The lowest BCUT2D eigenvalue weighted by molar-refractivity contribution is -0.120. The molecule has 17 heavy (non-hydrogen) atoms. The molecule has 0 aromatic carbocycles. The van der Waals surface area contributed by atoms with E-state index in [0.29, 0.717) is 13.0 Å². The van der Waals surface area contributed by atoms with Crippen LogP contribution in [0.15, 0.2) is 5.38 Å². The van der Waals surface area contributed by atoms with E-state index in [0.717, 1.165) is 5.01 Å². The zero-order chi connectivity index (χ0) is 12.8. The first kappa shape index (κ1) is 14.0. The third kappa shape index (κ3) is 4.35. The third-order valence-corrected chi connectivity index (χ3v) is 3.96. The molecule has 1 unspecified atom stereocenters. The molecule has 1 atom stereocenters. The molecule has 0 spiro atoms. The number of thiazole rings is 1. The van der Waals surface area contributed by atoms with Gasteiger partial charge in [-0.1, -0.05) is 0 Å². The van der Waals surface area contributed by atoms with Crippen LogP contribution in [0, 0.1) is 0 Å². The fraction of sp³-hybridized carbons (Fsp3) is 0.500. The van der Waals surface area contributed by atoms with Gasteiger partial charge < -0.3 is 10.4 Å². The van der Waals surface area contributed by atoms with E-state index in [-0.39, 0.29) is 16.9 Å². The van der Waals surface area contributed by atoms with Crippen molar-refractivity contribution >= 4 is 35.0 Å². The van der Waals surface area contributed by atoms with Gasteiger partial charge in [-0.3, -0.25) is 4.79 Å². The number of hydrogen-bond acceptors (Lipinski definition) is 5. The highest BCUT2D eigenvalue weighted by Gasteiger charge is 2.11. The highest BCUT2D eigenvalue weighted by molar-refractivity contribution is 7.99. The average Bonchev–Trinajstić information content (AvgIpc) is 2.76. The summed E-state index contributed by atoms with van der Waals surface area (Å²) in [7, 11) is 0. The second kappa shape index (κ2) is 6.61. The largest absolute Gasteiger partial charge is 0.476 e. The Kier molecular flexibility index (Phi) is 5.43. The molecule has 0 aliphatic rings. The predicted molar refractivity (Wildman–Crippen MR) is 68.8 cm³/mol. The second-order valence-corrected chi connectivity index (χ2v) is 5.47. The lowest BCUT2D eigenvalue weighted by Crippen LogP contribution is -2.32. The van der Waals surface area contributed by atoms with Gasteiger partial charge in [0.1, 0.15) is 0 Å².